The standard InChI is InChI=1S/C26H23FINO4/c1-16(30)33-24(17-2-6-19(27)7-3-17)15-14-23-25(18-4-12-22(31)13-5-18)29(26(23)32)21-10-8-20(28)9-11-21/h2-13,23-25,31H,14-15H2,1H3/t23-,24+,25-/m1/s1. The van der Waals surface area contributed by atoms with Crippen LogP contribution in [0, 0.1) is 15.3 Å². The number of nitrogens with zero attached hydrogens (tertiary/aromatic N) is 1. The number of amides is 1. The maximum atomic E-state index is 13.4. The SMILES string of the molecule is CC(=O)O[C@@H](CC[C@H]1C(=O)N(c2ccc(I)cc2)[C@@H]1c1ccc(O)cc1)c1ccc(F)cc1. The molecule has 1 aliphatic rings. The second kappa shape index (κ2) is 9.91. The molecule has 3 atom stereocenters. The third-order valence-corrected chi connectivity index (χ3v) is 6.56. The van der Waals surface area contributed by atoms with Gasteiger partial charge in [0.2, 0.25) is 5.91 Å². The summed E-state index contributed by atoms with van der Waals surface area (Å²) in [4.78, 5) is 26.7. The van der Waals surface area contributed by atoms with Gasteiger partial charge in [-0.15, -0.1) is 0 Å². The van der Waals surface area contributed by atoms with Crippen LogP contribution in [0.3, 0.4) is 0 Å². The van der Waals surface area contributed by atoms with E-state index < -0.39 is 12.1 Å². The van der Waals surface area contributed by atoms with Crippen LogP contribution in [0.4, 0.5) is 10.1 Å². The summed E-state index contributed by atoms with van der Waals surface area (Å²) in [7, 11) is 0. The van der Waals surface area contributed by atoms with Crippen LogP contribution in [-0.4, -0.2) is 17.0 Å². The van der Waals surface area contributed by atoms with Gasteiger partial charge in [0, 0.05) is 16.2 Å². The van der Waals surface area contributed by atoms with Gasteiger partial charge in [-0.2, -0.15) is 0 Å². The number of rotatable bonds is 7. The zero-order valence-corrected chi connectivity index (χ0v) is 20.1. The van der Waals surface area contributed by atoms with Gasteiger partial charge in [-0.25, -0.2) is 4.39 Å². The highest BCUT2D eigenvalue weighted by molar-refractivity contribution is 14.1. The molecule has 1 amide bonds. The Morgan fingerprint density at radius 3 is 2.30 bits per heavy atom. The summed E-state index contributed by atoms with van der Waals surface area (Å²) < 4.78 is 19.9. The van der Waals surface area contributed by atoms with E-state index in [1.165, 1.54) is 19.1 Å². The molecule has 1 saturated heterocycles. The van der Waals surface area contributed by atoms with Crippen LogP contribution < -0.4 is 4.90 Å². The van der Waals surface area contributed by atoms with Gasteiger partial charge in [0.15, 0.2) is 0 Å². The first-order valence-corrected chi connectivity index (χ1v) is 11.7. The van der Waals surface area contributed by atoms with Gasteiger partial charge in [-0.3, -0.25) is 9.59 Å². The molecular formula is C26H23FINO4. The van der Waals surface area contributed by atoms with Crippen molar-refractivity contribution in [2.75, 3.05) is 4.90 Å². The zero-order chi connectivity index (χ0) is 23.5. The van der Waals surface area contributed by atoms with Crippen molar-refractivity contribution >= 4 is 40.2 Å². The molecule has 5 nitrogen and oxygen atoms in total. The molecule has 1 N–H and O–H groups in total. The van der Waals surface area contributed by atoms with Crippen LogP contribution in [0.25, 0.3) is 0 Å². The highest BCUT2D eigenvalue weighted by Crippen LogP contribution is 2.46. The van der Waals surface area contributed by atoms with Crippen molar-refractivity contribution in [1.29, 1.82) is 0 Å². The number of hydrogen-bond acceptors (Lipinski definition) is 4. The Bertz CT molecular complexity index is 1130. The molecule has 0 bridgehead atoms. The lowest BCUT2D eigenvalue weighted by Gasteiger charge is -2.48. The minimum absolute atomic E-state index is 0.00466. The monoisotopic (exact) mass is 559 g/mol. The number of esters is 1. The molecule has 1 fully saturated rings. The van der Waals surface area contributed by atoms with E-state index in [4.69, 9.17) is 4.74 Å². The van der Waals surface area contributed by atoms with E-state index in [-0.39, 0.29) is 29.4 Å². The van der Waals surface area contributed by atoms with Gasteiger partial charge >= 0.3 is 5.97 Å². The lowest BCUT2D eigenvalue weighted by molar-refractivity contribution is -0.147. The molecule has 0 aromatic heterocycles. The summed E-state index contributed by atoms with van der Waals surface area (Å²) in [5.41, 5.74) is 2.42. The summed E-state index contributed by atoms with van der Waals surface area (Å²) in [6.45, 7) is 1.34. The Kier molecular flexibility index (Phi) is 6.97. The predicted octanol–water partition coefficient (Wildman–Crippen LogP) is 5.92. The van der Waals surface area contributed by atoms with Crippen molar-refractivity contribution in [2.24, 2.45) is 5.92 Å². The van der Waals surface area contributed by atoms with E-state index in [0.717, 1.165) is 14.8 Å². The Morgan fingerprint density at radius 2 is 1.70 bits per heavy atom. The number of β-lactam (4-membered cyclic amide) rings is 1. The quantitative estimate of drug-likeness (QED) is 0.222. The Labute approximate surface area is 205 Å². The minimum Gasteiger partial charge on any atom is -0.508 e. The summed E-state index contributed by atoms with van der Waals surface area (Å²) in [6.07, 6.45) is 0.348. The van der Waals surface area contributed by atoms with E-state index in [9.17, 15) is 19.1 Å². The topological polar surface area (TPSA) is 66.8 Å². The third-order valence-electron chi connectivity index (χ3n) is 5.84. The lowest BCUT2D eigenvalue weighted by atomic mass is 9.78. The average Bonchev–Trinajstić information content (AvgIpc) is 2.79. The number of anilines is 1. The highest BCUT2D eigenvalue weighted by Gasteiger charge is 2.48. The second-order valence-corrected chi connectivity index (χ2v) is 9.30. The normalized spacial score (nSPS) is 18.5. The van der Waals surface area contributed by atoms with Crippen LogP contribution in [0.2, 0.25) is 0 Å². The molecule has 0 radical (unpaired) electrons. The Morgan fingerprint density at radius 1 is 1.06 bits per heavy atom. The maximum absolute atomic E-state index is 13.4. The fourth-order valence-electron chi connectivity index (χ4n) is 4.27. The van der Waals surface area contributed by atoms with E-state index >= 15 is 0 Å². The smallest absolute Gasteiger partial charge is 0.303 e. The molecule has 1 aliphatic heterocycles. The summed E-state index contributed by atoms with van der Waals surface area (Å²) >= 11 is 2.22. The first-order valence-electron chi connectivity index (χ1n) is 10.6. The fraction of sp³-hybridized carbons (Fsp3) is 0.231. The van der Waals surface area contributed by atoms with E-state index in [0.29, 0.717) is 18.4 Å². The van der Waals surface area contributed by atoms with Crippen LogP contribution in [0.5, 0.6) is 5.75 Å². The first-order chi connectivity index (χ1) is 15.8. The number of phenolic OH excluding ortho intramolecular Hbond substituents is 1. The molecule has 4 rings (SSSR count). The number of phenols is 1. The van der Waals surface area contributed by atoms with Crippen molar-refractivity contribution in [3.05, 3.63) is 93.3 Å². The average molecular weight is 559 g/mol. The van der Waals surface area contributed by atoms with Gasteiger partial charge in [0.05, 0.1) is 12.0 Å². The molecular weight excluding hydrogens is 536 g/mol. The van der Waals surface area contributed by atoms with Crippen molar-refractivity contribution in [3.63, 3.8) is 0 Å². The Balaban J connectivity index is 1.58. The lowest BCUT2D eigenvalue weighted by Crippen LogP contribution is -2.55. The molecule has 3 aromatic carbocycles. The molecule has 3 aromatic rings. The van der Waals surface area contributed by atoms with Crippen molar-refractivity contribution in [2.45, 2.75) is 31.9 Å². The summed E-state index contributed by atoms with van der Waals surface area (Å²) in [5.74, 6) is -0.954. The highest BCUT2D eigenvalue weighted by atomic mass is 127. The second-order valence-electron chi connectivity index (χ2n) is 8.05. The summed E-state index contributed by atoms with van der Waals surface area (Å²) in [5, 5.41) is 9.71. The molecule has 0 saturated carbocycles. The molecule has 0 spiro atoms. The maximum Gasteiger partial charge on any atom is 0.303 e. The zero-order valence-electron chi connectivity index (χ0n) is 17.9. The number of carbonyl (C=O) groups is 2. The number of hydrogen-bond donors (Lipinski definition) is 1. The van der Waals surface area contributed by atoms with E-state index in [1.54, 1.807) is 29.2 Å². The predicted molar refractivity (Wildman–Crippen MR) is 131 cm³/mol. The summed E-state index contributed by atoms with van der Waals surface area (Å²) in [6, 6.07) is 20.3. The molecule has 0 unspecified atom stereocenters. The van der Waals surface area contributed by atoms with Crippen molar-refractivity contribution < 1.29 is 23.8 Å². The van der Waals surface area contributed by atoms with Crippen LogP contribution in [-0.2, 0) is 14.3 Å². The Hall–Kier alpha value is -2.94. The van der Waals surface area contributed by atoms with Gasteiger partial charge in [-0.05, 0) is 95.1 Å². The van der Waals surface area contributed by atoms with Crippen molar-refractivity contribution in [1.82, 2.24) is 0 Å². The van der Waals surface area contributed by atoms with Gasteiger partial charge in [-0.1, -0.05) is 24.3 Å². The van der Waals surface area contributed by atoms with Crippen molar-refractivity contribution in [3.8, 4) is 5.75 Å². The van der Waals surface area contributed by atoms with E-state index in [2.05, 4.69) is 22.6 Å². The molecule has 33 heavy (non-hydrogen) atoms. The van der Waals surface area contributed by atoms with Gasteiger partial charge < -0.3 is 14.7 Å². The van der Waals surface area contributed by atoms with Crippen LogP contribution in [0.1, 0.15) is 43.0 Å². The number of benzene rings is 3. The van der Waals surface area contributed by atoms with Gasteiger partial charge in [0.25, 0.3) is 0 Å². The van der Waals surface area contributed by atoms with Gasteiger partial charge in [0.1, 0.15) is 17.7 Å². The van der Waals surface area contributed by atoms with Crippen LogP contribution >= 0.6 is 22.6 Å². The molecule has 170 valence electrons. The first kappa shape index (κ1) is 23.2. The number of aromatic hydroxyl groups is 1. The molecule has 0 aliphatic carbocycles. The number of halogens is 2. The molecule has 1 heterocycles. The molecule has 7 heteroatoms. The fourth-order valence-corrected chi connectivity index (χ4v) is 4.63. The van der Waals surface area contributed by atoms with E-state index in [1.807, 2.05) is 36.4 Å². The third kappa shape index (κ3) is 5.19. The number of ether oxygens (including phenoxy) is 1. The largest absolute Gasteiger partial charge is 0.508 e. The van der Waals surface area contributed by atoms with Crippen LogP contribution in [0.15, 0.2) is 72.8 Å². The minimum atomic E-state index is -0.566. The number of carbonyl (C=O) groups excluding carboxylic acids is 2.